The van der Waals surface area contributed by atoms with Gasteiger partial charge in [0.05, 0.1) is 6.04 Å². The number of rotatable bonds is 4. The molecule has 0 aliphatic rings. The van der Waals surface area contributed by atoms with Crippen molar-refractivity contribution in [3.8, 4) is 0 Å². The van der Waals surface area contributed by atoms with Gasteiger partial charge in [0.25, 0.3) is 0 Å². The van der Waals surface area contributed by atoms with Gasteiger partial charge in [-0.3, -0.25) is 5.43 Å². The largest absolute Gasteiger partial charge is 0.325 e. The monoisotopic (exact) mass is 234 g/mol. The van der Waals surface area contributed by atoms with E-state index in [0.29, 0.717) is 11.9 Å². The van der Waals surface area contributed by atoms with Crippen LogP contribution >= 0.6 is 0 Å². The molecule has 0 saturated heterocycles. The fraction of sp³-hybridized carbons (Fsp3) is 0.462. The number of guanidine groups is 1. The van der Waals surface area contributed by atoms with Crippen LogP contribution < -0.4 is 16.6 Å². The lowest BCUT2D eigenvalue weighted by atomic mass is 10.0. The third-order valence-electron chi connectivity index (χ3n) is 2.66. The van der Waals surface area contributed by atoms with Gasteiger partial charge in [-0.2, -0.15) is 0 Å². The first-order valence-corrected chi connectivity index (χ1v) is 6.03. The molecule has 0 spiro atoms. The molecule has 4 N–H and O–H groups in total. The van der Waals surface area contributed by atoms with E-state index >= 15 is 0 Å². The van der Waals surface area contributed by atoms with Crippen LogP contribution in [0.2, 0.25) is 0 Å². The highest BCUT2D eigenvalue weighted by Gasteiger charge is 2.10. The molecule has 0 fully saturated rings. The maximum absolute atomic E-state index is 5.48. The number of hydrogen-bond acceptors (Lipinski definition) is 2. The summed E-state index contributed by atoms with van der Waals surface area (Å²) in [6, 6.07) is 10.1. The van der Waals surface area contributed by atoms with Crippen LogP contribution in [0, 0.1) is 5.92 Å². The van der Waals surface area contributed by atoms with Crippen molar-refractivity contribution in [3.05, 3.63) is 30.3 Å². The quantitative estimate of drug-likeness (QED) is 0.324. The highest BCUT2D eigenvalue weighted by molar-refractivity contribution is 5.93. The lowest BCUT2D eigenvalue weighted by Crippen LogP contribution is -2.37. The van der Waals surface area contributed by atoms with Crippen LogP contribution in [0.25, 0.3) is 0 Å². The smallest absolute Gasteiger partial charge is 0.210 e. The summed E-state index contributed by atoms with van der Waals surface area (Å²) in [5.74, 6) is 6.59. The highest BCUT2D eigenvalue weighted by Crippen LogP contribution is 2.11. The zero-order chi connectivity index (χ0) is 12.7. The molecule has 1 unspecified atom stereocenters. The van der Waals surface area contributed by atoms with Gasteiger partial charge >= 0.3 is 0 Å². The molecule has 4 nitrogen and oxygen atoms in total. The molecule has 94 valence electrons. The molecule has 4 heteroatoms. The van der Waals surface area contributed by atoms with E-state index in [1.807, 2.05) is 30.3 Å². The van der Waals surface area contributed by atoms with Crippen LogP contribution in [0.5, 0.6) is 0 Å². The zero-order valence-corrected chi connectivity index (χ0v) is 10.8. The number of para-hydroxylation sites is 1. The summed E-state index contributed by atoms with van der Waals surface area (Å²) in [5.41, 5.74) is 3.58. The van der Waals surface area contributed by atoms with Crippen molar-refractivity contribution in [2.75, 3.05) is 5.32 Å². The van der Waals surface area contributed by atoms with Crippen molar-refractivity contribution in [2.45, 2.75) is 33.2 Å². The minimum atomic E-state index is 0.275. The number of aliphatic imine (C=N–C) groups is 1. The van der Waals surface area contributed by atoms with Crippen molar-refractivity contribution >= 4 is 11.6 Å². The van der Waals surface area contributed by atoms with E-state index in [9.17, 15) is 0 Å². The first-order valence-electron chi connectivity index (χ1n) is 6.03. The Labute approximate surface area is 103 Å². The van der Waals surface area contributed by atoms with Gasteiger partial charge in [0.2, 0.25) is 5.96 Å². The van der Waals surface area contributed by atoms with Crippen molar-refractivity contribution in [3.63, 3.8) is 0 Å². The maximum Gasteiger partial charge on any atom is 0.210 e. The number of hydrazine groups is 1. The minimum absolute atomic E-state index is 0.275. The van der Waals surface area contributed by atoms with Gasteiger partial charge in [-0.05, 0) is 24.5 Å². The third kappa shape index (κ3) is 4.44. The van der Waals surface area contributed by atoms with Crippen molar-refractivity contribution in [1.82, 2.24) is 5.43 Å². The van der Waals surface area contributed by atoms with Crippen molar-refractivity contribution < 1.29 is 0 Å². The molecule has 0 bridgehead atoms. The summed E-state index contributed by atoms with van der Waals surface area (Å²) >= 11 is 0. The van der Waals surface area contributed by atoms with Crippen LogP contribution in [0.1, 0.15) is 27.2 Å². The van der Waals surface area contributed by atoms with Gasteiger partial charge in [-0.15, -0.1) is 0 Å². The first-order chi connectivity index (χ1) is 8.17. The van der Waals surface area contributed by atoms with E-state index in [4.69, 9.17) is 5.84 Å². The molecular weight excluding hydrogens is 212 g/mol. The second-order valence-electron chi connectivity index (χ2n) is 4.33. The van der Waals surface area contributed by atoms with Crippen molar-refractivity contribution in [1.29, 1.82) is 0 Å². The molecule has 0 aliphatic heterocycles. The zero-order valence-electron chi connectivity index (χ0n) is 10.8. The lowest BCUT2D eigenvalue weighted by Gasteiger charge is -2.17. The van der Waals surface area contributed by atoms with E-state index in [-0.39, 0.29) is 6.04 Å². The Hall–Kier alpha value is -1.55. The summed E-state index contributed by atoms with van der Waals surface area (Å²) in [5, 5.41) is 3.16. The van der Waals surface area contributed by atoms with Gasteiger partial charge in [0.1, 0.15) is 0 Å². The van der Waals surface area contributed by atoms with E-state index in [1.165, 1.54) is 0 Å². The highest BCUT2D eigenvalue weighted by atomic mass is 15.3. The summed E-state index contributed by atoms with van der Waals surface area (Å²) in [4.78, 5) is 4.58. The topological polar surface area (TPSA) is 62.4 Å². The Morgan fingerprint density at radius 2 is 1.94 bits per heavy atom. The molecule has 0 amide bonds. The van der Waals surface area contributed by atoms with Gasteiger partial charge in [-0.1, -0.05) is 39.0 Å². The number of hydrogen-bond donors (Lipinski definition) is 3. The Bertz CT molecular complexity index is 346. The van der Waals surface area contributed by atoms with Gasteiger partial charge in [0, 0.05) is 5.69 Å². The van der Waals surface area contributed by atoms with E-state index in [2.05, 4.69) is 36.5 Å². The molecule has 1 aromatic carbocycles. The number of nitrogens with one attached hydrogen (secondary N) is 2. The summed E-state index contributed by atoms with van der Waals surface area (Å²) < 4.78 is 0. The van der Waals surface area contributed by atoms with Gasteiger partial charge in [0.15, 0.2) is 0 Å². The fourth-order valence-electron chi connectivity index (χ4n) is 1.64. The minimum Gasteiger partial charge on any atom is -0.325 e. The van der Waals surface area contributed by atoms with Gasteiger partial charge in [-0.25, -0.2) is 10.8 Å². The second-order valence-corrected chi connectivity index (χ2v) is 4.33. The molecule has 0 radical (unpaired) electrons. The first kappa shape index (κ1) is 13.5. The Morgan fingerprint density at radius 3 is 2.41 bits per heavy atom. The molecule has 17 heavy (non-hydrogen) atoms. The molecule has 0 heterocycles. The molecule has 1 atom stereocenters. The van der Waals surface area contributed by atoms with E-state index in [0.717, 1.165) is 12.1 Å². The van der Waals surface area contributed by atoms with Crippen molar-refractivity contribution in [2.24, 2.45) is 16.8 Å². The average molecular weight is 234 g/mol. The third-order valence-corrected chi connectivity index (χ3v) is 2.66. The van der Waals surface area contributed by atoms with Gasteiger partial charge < -0.3 is 5.32 Å². The SMILES string of the molecule is CCC(N=C(NN)Nc1ccccc1)C(C)C. The van der Waals surface area contributed by atoms with Crippen LogP contribution in [0.3, 0.4) is 0 Å². The molecule has 1 aromatic rings. The van der Waals surface area contributed by atoms with E-state index in [1.54, 1.807) is 0 Å². The predicted octanol–water partition coefficient (Wildman–Crippen LogP) is 2.35. The Morgan fingerprint density at radius 1 is 1.29 bits per heavy atom. The normalized spacial score (nSPS) is 13.6. The second kappa shape index (κ2) is 6.91. The number of benzene rings is 1. The molecule has 0 saturated carbocycles. The number of nitrogens with two attached hydrogens (primary N) is 1. The van der Waals surface area contributed by atoms with Crippen LogP contribution in [0.4, 0.5) is 5.69 Å². The molecule has 0 aliphatic carbocycles. The Kier molecular flexibility index (Phi) is 5.49. The fourth-order valence-corrected chi connectivity index (χ4v) is 1.64. The number of nitrogens with zero attached hydrogens (tertiary/aromatic N) is 1. The Balaban J connectivity index is 2.74. The standard InChI is InChI=1S/C13H22N4/c1-4-12(10(2)3)16-13(17-14)15-11-8-6-5-7-9-11/h5-10,12H,4,14H2,1-3H3,(H2,15,16,17). The molecule has 0 aromatic heterocycles. The predicted molar refractivity (Wildman–Crippen MR) is 73.7 cm³/mol. The summed E-state index contributed by atoms with van der Waals surface area (Å²) in [7, 11) is 0. The average Bonchev–Trinajstić information content (AvgIpc) is 2.35. The molecular formula is C13H22N4. The van der Waals surface area contributed by atoms with Crippen LogP contribution in [-0.4, -0.2) is 12.0 Å². The van der Waals surface area contributed by atoms with E-state index < -0.39 is 0 Å². The lowest BCUT2D eigenvalue weighted by molar-refractivity contribution is 0.482. The summed E-state index contributed by atoms with van der Waals surface area (Å²) in [6.45, 7) is 6.45. The molecule has 1 rings (SSSR count). The number of anilines is 1. The van der Waals surface area contributed by atoms with Crippen LogP contribution in [0.15, 0.2) is 35.3 Å². The maximum atomic E-state index is 5.48. The summed E-state index contributed by atoms with van der Waals surface area (Å²) in [6.07, 6.45) is 0.999. The van der Waals surface area contributed by atoms with Crippen LogP contribution in [-0.2, 0) is 0 Å².